The minimum absolute atomic E-state index is 0.173. The summed E-state index contributed by atoms with van der Waals surface area (Å²) in [6.07, 6.45) is 3.98. The molecule has 1 N–H and O–H groups in total. The largest absolute Gasteiger partial charge is 0.476 e. The van der Waals surface area contributed by atoms with Crippen molar-refractivity contribution in [2.24, 2.45) is 11.8 Å². The van der Waals surface area contributed by atoms with Gasteiger partial charge in [0.15, 0.2) is 0 Å². The lowest BCUT2D eigenvalue weighted by Crippen LogP contribution is -2.54. The molecule has 0 radical (unpaired) electrons. The number of amides is 1. The van der Waals surface area contributed by atoms with Crippen molar-refractivity contribution in [3.8, 4) is 5.88 Å². The van der Waals surface area contributed by atoms with Crippen LogP contribution >= 0.6 is 12.0 Å². The van der Waals surface area contributed by atoms with E-state index in [9.17, 15) is 9.59 Å². The zero-order valence-corrected chi connectivity index (χ0v) is 21.6. The number of pyridine rings is 1. The predicted molar refractivity (Wildman–Crippen MR) is 131 cm³/mol. The molecule has 1 aromatic heterocycles. The summed E-state index contributed by atoms with van der Waals surface area (Å²) >= 11 is 1.37. The van der Waals surface area contributed by atoms with Crippen LogP contribution in [0.15, 0.2) is 12.1 Å². The molecule has 190 valence electrons. The third-order valence-electron chi connectivity index (χ3n) is 6.72. The number of methoxy groups -OCH3 is 1. The topological polar surface area (TPSA) is 99.2 Å². The zero-order chi connectivity index (χ0) is 24.7. The standard InChI is InChI=1S/C24H37N3O6S/c1-6-24(7-2,23(29)31-8-3)26-21(28)19-9-10-20(27-12-18(13-27)30-4)22(25-19)32-14-16-11-17(16)15-33-34-5/h9-10,16-18H,6-8,11-15H2,1-5H3,(H,26,28)/t16-,17+/m0/s1. The Balaban J connectivity index is 1.75. The number of nitrogens with zero attached hydrogens (tertiary/aromatic N) is 2. The van der Waals surface area contributed by atoms with Gasteiger partial charge in [-0.1, -0.05) is 13.8 Å². The van der Waals surface area contributed by atoms with Crippen LogP contribution in [-0.2, 0) is 18.5 Å². The van der Waals surface area contributed by atoms with Gasteiger partial charge in [-0.25, -0.2) is 9.78 Å². The maximum absolute atomic E-state index is 13.1. The Morgan fingerprint density at radius 1 is 1.18 bits per heavy atom. The monoisotopic (exact) mass is 495 g/mol. The Labute approximate surface area is 206 Å². The minimum Gasteiger partial charge on any atom is -0.476 e. The fourth-order valence-electron chi connectivity index (χ4n) is 4.07. The van der Waals surface area contributed by atoms with Crippen LogP contribution in [0.1, 0.15) is 50.5 Å². The molecule has 2 heterocycles. The molecule has 1 amide bonds. The number of ether oxygens (including phenoxy) is 3. The van der Waals surface area contributed by atoms with Gasteiger partial charge in [-0.15, -0.1) is 0 Å². The summed E-state index contributed by atoms with van der Waals surface area (Å²) in [5.74, 6) is 0.472. The molecular formula is C24H37N3O6S. The highest BCUT2D eigenvalue weighted by atomic mass is 32.2. The molecule has 34 heavy (non-hydrogen) atoms. The van der Waals surface area contributed by atoms with Gasteiger partial charge < -0.3 is 28.6 Å². The van der Waals surface area contributed by atoms with E-state index in [1.54, 1.807) is 20.1 Å². The first-order valence-corrected chi connectivity index (χ1v) is 13.1. The van der Waals surface area contributed by atoms with Gasteiger partial charge in [0.2, 0.25) is 5.88 Å². The van der Waals surface area contributed by atoms with E-state index in [0.29, 0.717) is 43.8 Å². The first-order chi connectivity index (χ1) is 16.4. The molecule has 10 heteroatoms. The summed E-state index contributed by atoms with van der Waals surface area (Å²) in [4.78, 5) is 32.4. The van der Waals surface area contributed by atoms with E-state index >= 15 is 0 Å². The third-order valence-corrected chi connectivity index (χ3v) is 7.10. The van der Waals surface area contributed by atoms with Gasteiger partial charge in [-0.3, -0.25) is 4.79 Å². The second-order valence-corrected chi connectivity index (χ2v) is 9.33. The van der Waals surface area contributed by atoms with E-state index in [-0.39, 0.29) is 18.4 Å². The fraction of sp³-hybridized carbons (Fsp3) is 0.708. The van der Waals surface area contributed by atoms with Crippen molar-refractivity contribution in [2.45, 2.75) is 51.7 Å². The van der Waals surface area contributed by atoms with Crippen LogP contribution in [0.4, 0.5) is 5.69 Å². The normalized spacial score (nSPS) is 20.0. The van der Waals surface area contributed by atoms with E-state index in [0.717, 1.165) is 25.2 Å². The zero-order valence-electron chi connectivity index (χ0n) is 20.8. The average molecular weight is 496 g/mol. The summed E-state index contributed by atoms with van der Waals surface area (Å²) in [6, 6.07) is 3.53. The van der Waals surface area contributed by atoms with Crippen molar-refractivity contribution < 1.29 is 28.0 Å². The van der Waals surface area contributed by atoms with Crippen LogP contribution in [0.5, 0.6) is 5.88 Å². The molecule has 1 aliphatic carbocycles. The van der Waals surface area contributed by atoms with Crippen LogP contribution in [-0.4, -0.2) is 74.8 Å². The number of esters is 1. The Morgan fingerprint density at radius 2 is 1.88 bits per heavy atom. The number of anilines is 1. The molecule has 3 rings (SSSR count). The van der Waals surface area contributed by atoms with E-state index in [1.807, 2.05) is 26.2 Å². The summed E-state index contributed by atoms with van der Waals surface area (Å²) in [7, 11) is 1.70. The number of hydrogen-bond acceptors (Lipinski definition) is 9. The molecule has 2 atom stereocenters. The molecule has 1 saturated carbocycles. The maximum Gasteiger partial charge on any atom is 0.331 e. The fourth-order valence-corrected chi connectivity index (χ4v) is 4.38. The van der Waals surface area contributed by atoms with Gasteiger partial charge in [-0.05, 0) is 62.2 Å². The molecule has 0 unspecified atom stereocenters. The van der Waals surface area contributed by atoms with Crippen molar-refractivity contribution >= 4 is 29.6 Å². The first-order valence-electron chi connectivity index (χ1n) is 12.0. The Morgan fingerprint density at radius 3 is 2.50 bits per heavy atom. The number of hydrogen-bond donors (Lipinski definition) is 1. The molecule has 2 fully saturated rings. The molecule has 1 aliphatic heterocycles. The number of rotatable bonds is 14. The lowest BCUT2D eigenvalue weighted by molar-refractivity contribution is -0.151. The molecule has 0 bridgehead atoms. The van der Waals surface area contributed by atoms with E-state index < -0.39 is 17.4 Å². The average Bonchev–Trinajstić information content (AvgIpc) is 3.58. The van der Waals surface area contributed by atoms with Gasteiger partial charge in [0.25, 0.3) is 5.91 Å². The number of carbonyl (C=O) groups is 2. The Kier molecular flexibility index (Phi) is 9.44. The summed E-state index contributed by atoms with van der Waals surface area (Å²) in [5.41, 5.74) is -0.0443. The Bertz CT molecular complexity index is 844. The third kappa shape index (κ3) is 6.14. The summed E-state index contributed by atoms with van der Waals surface area (Å²) < 4.78 is 22.2. The van der Waals surface area contributed by atoms with Crippen molar-refractivity contribution in [2.75, 3.05) is 51.2 Å². The van der Waals surface area contributed by atoms with Crippen LogP contribution in [0.2, 0.25) is 0 Å². The van der Waals surface area contributed by atoms with Crippen LogP contribution in [0.25, 0.3) is 0 Å². The molecule has 1 saturated heterocycles. The van der Waals surface area contributed by atoms with Gasteiger partial charge in [0.05, 0.1) is 25.9 Å². The van der Waals surface area contributed by atoms with E-state index in [2.05, 4.69) is 15.2 Å². The molecule has 0 aromatic carbocycles. The van der Waals surface area contributed by atoms with E-state index in [1.165, 1.54) is 12.0 Å². The van der Waals surface area contributed by atoms with Crippen molar-refractivity contribution in [1.29, 1.82) is 0 Å². The lowest BCUT2D eigenvalue weighted by Gasteiger charge is -2.40. The lowest BCUT2D eigenvalue weighted by atomic mass is 9.92. The summed E-state index contributed by atoms with van der Waals surface area (Å²) in [6.45, 7) is 8.43. The number of nitrogens with one attached hydrogen (secondary N) is 1. The SMILES string of the molecule is CCOC(=O)C(CC)(CC)NC(=O)c1ccc(N2CC(OC)C2)c(OC[C@@H]2C[C@@H]2COSC)n1. The highest BCUT2D eigenvalue weighted by Crippen LogP contribution is 2.40. The summed E-state index contributed by atoms with van der Waals surface area (Å²) in [5, 5.41) is 2.87. The van der Waals surface area contributed by atoms with Crippen LogP contribution in [0, 0.1) is 11.8 Å². The van der Waals surface area contributed by atoms with Gasteiger partial charge in [0.1, 0.15) is 16.9 Å². The highest BCUT2D eigenvalue weighted by molar-refractivity contribution is 7.93. The van der Waals surface area contributed by atoms with Gasteiger partial charge in [-0.2, -0.15) is 0 Å². The number of aromatic nitrogens is 1. The Hall–Kier alpha value is -2.04. The molecule has 0 spiro atoms. The van der Waals surface area contributed by atoms with Crippen LogP contribution < -0.4 is 15.0 Å². The second kappa shape index (κ2) is 12.1. The maximum atomic E-state index is 13.1. The number of carbonyl (C=O) groups excluding carboxylic acids is 2. The predicted octanol–water partition coefficient (Wildman–Crippen LogP) is 3.08. The first kappa shape index (κ1) is 26.6. The van der Waals surface area contributed by atoms with Crippen molar-refractivity contribution in [3.05, 3.63) is 17.8 Å². The molecular weight excluding hydrogens is 458 g/mol. The van der Waals surface area contributed by atoms with Gasteiger partial charge in [0, 0.05) is 26.5 Å². The second-order valence-electron chi connectivity index (χ2n) is 8.77. The molecule has 9 nitrogen and oxygen atoms in total. The van der Waals surface area contributed by atoms with E-state index in [4.69, 9.17) is 18.4 Å². The van der Waals surface area contributed by atoms with Crippen molar-refractivity contribution in [1.82, 2.24) is 10.3 Å². The van der Waals surface area contributed by atoms with Crippen LogP contribution in [0.3, 0.4) is 0 Å². The highest BCUT2D eigenvalue weighted by Gasteiger charge is 2.40. The van der Waals surface area contributed by atoms with Crippen molar-refractivity contribution in [3.63, 3.8) is 0 Å². The minimum atomic E-state index is -1.09. The molecule has 2 aliphatic rings. The quantitative estimate of drug-likeness (QED) is 0.308. The smallest absolute Gasteiger partial charge is 0.331 e. The van der Waals surface area contributed by atoms with Gasteiger partial charge >= 0.3 is 5.97 Å². The molecule has 1 aromatic rings.